The van der Waals surface area contributed by atoms with Crippen LogP contribution in [0, 0.1) is 11.7 Å². The molecule has 116 valence electrons. The number of hydrogen-bond donors (Lipinski definition) is 2. The topological polar surface area (TPSA) is 74.7 Å². The SMILES string of the molecule is Cc1cc(-c2n[nH]c(=S)n2N=C/C(Cl)=C/c2ccccc2)n[nH]1. The average Bonchev–Trinajstić information content (AvgIpc) is 3.12. The standard InChI is InChI=1S/C15H13ClN6S/c1-10-7-13(19-18-10)14-20-21-15(23)22(14)17-9-12(16)8-11-5-3-2-4-6-11/h2-9H,1H3,(H,18,19)(H,21,23)/b12-8-,17-9?. The summed E-state index contributed by atoms with van der Waals surface area (Å²) in [6.07, 6.45) is 3.33. The van der Waals surface area contributed by atoms with Gasteiger partial charge in [0.1, 0.15) is 5.69 Å². The molecule has 0 fully saturated rings. The van der Waals surface area contributed by atoms with Crippen molar-refractivity contribution in [3.63, 3.8) is 0 Å². The van der Waals surface area contributed by atoms with Crippen molar-refractivity contribution in [3.05, 3.63) is 57.5 Å². The molecule has 0 saturated heterocycles. The van der Waals surface area contributed by atoms with Gasteiger partial charge in [0.15, 0.2) is 0 Å². The number of aryl methyl sites for hydroxylation is 1. The molecule has 3 aromatic rings. The van der Waals surface area contributed by atoms with Crippen LogP contribution in [-0.2, 0) is 0 Å². The van der Waals surface area contributed by atoms with Crippen molar-refractivity contribution >= 4 is 36.1 Å². The molecule has 1 aromatic carbocycles. The molecule has 0 aliphatic carbocycles. The smallest absolute Gasteiger partial charge is 0.216 e. The summed E-state index contributed by atoms with van der Waals surface area (Å²) >= 11 is 11.4. The van der Waals surface area contributed by atoms with Crippen molar-refractivity contribution in [2.24, 2.45) is 5.10 Å². The van der Waals surface area contributed by atoms with Crippen LogP contribution in [0.3, 0.4) is 0 Å². The fraction of sp³-hybridized carbons (Fsp3) is 0.0667. The second kappa shape index (κ2) is 6.72. The van der Waals surface area contributed by atoms with E-state index in [1.54, 1.807) is 0 Å². The van der Waals surface area contributed by atoms with Crippen LogP contribution in [0.2, 0.25) is 0 Å². The summed E-state index contributed by atoms with van der Waals surface area (Å²) in [5.41, 5.74) is 2.56. The van der Waals surface area contributed by atoms with E-state index in [9.17, 15) is 0 Å². The number of allylic oxidation sites excluding steroid dienone is 1. The van der Waals surface area contributed by atoms with Gasteiger partial charge in [0.2, 0.25) is 10.6 Å². The number of nitrogens with zero attached hydrogens (tertiary/aromatic N) is 4. The third kappa shape index (κ3) is 3.64. The van der Waals surface area contributed by atoms with Gasteiger partial charge in [0.05, 0.1) is 11.2 Å². The van der Waals surface area contributed by atoms with Crippen LogP contribution in [0.5, 0.6) is 0 Å². The number of halogens is 1. The lowest BCUT2D eigenvalue weighted by atomic mass is 10.2. The van der Waals surface area contributed by atoms with Gasteiger partial charge in [-0.1, -0.05) is 41.9 Å². The maximum Gasteiger partial charge on any atom is 0.216 e. The molecule has 0 bridgehead atoms. The van der Waals surface area contributed by atoms with Gasteiger partial charge in [-0.05, 0) is 36.8 Å². The highest BCUT2D eigenvalue weighted by molar-refractivity contribution is 7.71. The first-order valence-corrected chi connectivity index (χ1v) is 7.58. The molecule has 0 aliphatic rings. The Morgan fingerprint density at radius 1 is 1.26 bits per heavy atom. The van der Waals surface area contributed by atoms with Crippen LogP contribution < -0.4 is 0 Å². The first-order chi connectivity index (χ1) is 11.1. The number of hydrogen-bond acceptors (Lipinski definition) is 4. The number of benzene rings is 1. The molecule has 23 heavy (non-hydrogen) atoms. The van der Waals surface area contributed by atoms with Crippen molar-refractivity contribution in [2.45, 2.75) is 6.92 Å². The van der Waals surface area contributed by atoms with Gasteiger partial charge in [-0.25, -0.2) is 5.10 Å². The van der Waals surface area contributed by atoms with E-state index in [4.69, 9.17) is 23.8 Å². The summed E-state index contributed by atoms with van der Waals surface area (Å²) in [6, 6.07) is 11.6. The monoisotopic (exact) mass is 344 g/mol. The molecule has 0 saturated carbocycles. The Balaban J connectivity index is 1.90. The van der Waals surface area contributed by atoms with Gasteiger partial charge >= 0.3 is 0 Å². The largest absolute Gasteiger partial charge is 0.282 e. The Bertz CT molecular complexity index is 919. The highest BCUT2D eigenvalue weighted by Gasteiger charge is 2.10. The fourth-order valence-electron chi connectivity index (χ4n) is 1.96. The third-order valence-corrected chi connectivity index (χ3v) is 3.46. The van der Waals surface area contributed by atoms with Crippen LogP contribution in [0.25, 0.3) is 17.6 Å². The van der Waals surface area contributed by atoms with Gasteiger partial charge in [-0.15, -0.1) is 0 Å². The Labute approximate surface area is 142 Å². The van der Waals surface area contributed by atoms with Crippen LogP contribution in [0.1, 0.15) is 11.3 Å². The van der Waals surface area contributed by atoms with Crippen molar-refractivity contribution in [1.82, 2.24) is 25.1 Å². The highest BCUT2D eigenvalue weighted by atomic mass is 35.5. The van der Waals surface area contributed by atoms with E-state index in [0.717, 1.165) is 11.3 Å². The fourth-order valence-corrected chi connectivity index (χ4v) is 2.30. The minimum absolute atomic E-state index is 0.362. The summed E-state index contributed by atoms with van der Waals surface area (Å²) in [4.78, 5) is 0. The lowest BCUT2D eigenvalue weighted by molar-refractivity contribution is 0.866. The second-order valence-electron chi connectivity index (χ2n) is 4.78. The molecular weight excluding hydrogens is 332 g/mol. The van der Waals surface area contributed by atoms with Gasteiger partial charge in [-0.2, -0.15) is 20.0 Å². The molecule has 2 aromatic heterocycles. The molecule has 0 unspecified atom stereocenters. The number of aromatic nitrogens is 5. The lowest BCUT2D eigenvalue weighted by Crippen LogP contribution is -1.94. The minimum atomic E-state index is 0.362. The van der Waals surface area contributed by atoms with Crippen LogP contribution in [-0.4, -0.2) is 31.3 Å². The predicted molar refractivity (Wildman–Crippen MR) is 93.9 cm³/mol. The Morgan fingerprint density at radius 2 is 2.04 bits per heavy atom. The zero-order valence-corrected chi connectivity index (χ0v) is 13.8. The average molecular weight is 345 g/mol. The third-order valence-electron chi connectivity index (χ3n) is 2.99. The highest BCUT2D eigenvalue weighted by Crippen LogP contribution is 2.15. The van der Waals surface area contributed by atoms with Gasteiger partial charge in [-0.3, -0.25) is 5.10 Å². The quantitative estimate of drug-likeness (QED) is 0.559. The summed E-state index contributed by atoms with van der Waals surface area (Å²) in [7, 11) is 0. The summed E-state index contributed by atoms with van der Waals surface area (Å²) < 4.78 is 1.84. The summed E-state index contributed by atoms with van der Waals surface area (Å²) in [6.45, 7) is 1.91. The number of nitrogens with one attached hydrogen (secondary N) is 2. The van der Waals surface area contributed by atoms with Gasteiger partial charge in [0, 0.05) is 5.69 Å². The molecule has 0 spiro atoms. The van der Waals surface area contributed by atoms with E-state index in [0.29, 0.717) is 21.3 Å². The number of rotatable bonds is 4. The van der Waals surface area contributed by atoms with Crippen LogP contribution >= 0.6 is 23.8 Å². The van der Waals surface area contributed by atoms with E-state index in [-0.39, 0.29) is 0 Å². The van der Waals surface area contributed by atoms with E-state index in [1.807, 2.05) is 49.4 Å². The molecule has 8 heteroatoms. The van der Waals surface area contributed by atoms with Crippen molar-refractivity contribution in [1.29, 1.82) is 0 Å². The molecule has 6 nitrogen and oxygen atoms in total. The van der Waals surface area contributed by atoms with E-state index >= 15 is 0 Å². The van der Waals surface area contributed by atoms with E-state index in [2.05, 4.69) is 25.5 Å². The summed E-state index contributed by atoms with van der Waals surface area (Å²) in [5, 5.41) is 18.6. The van der Waals surface area contributed by atoms with Crippen LogP contribution in [0.4, 0.5) is 0 Å². The zero-order chi connectivity index (χ0) is 16.2. The Morgan fingerprint density at radius 3 is 2.74 bits per heavy atom. The Hall–Kier alpha value is -2.51. The Kier molecular flexibility index (Phi) is 4.50. The lowest BCUT2D eigenvalue weighted by Gasteiger charge is -1.97. The summed E-state index contributed by atoms with van der Waals surface area (Å²) in [5.74, 6) is 0.514. The first kappa shape index (κ1) is 15.4. The molecule has 2 N–H and O–H groups in total. The molecule has 2 heterocycles. The van der Waals surface area contributed by atoms with E-state index < -0.39 is 0 Å². The van der Waals surface area contributed by atoms with Gasteiger partial charge in [0.25, 0.3) is 0 Å². The molecular formula is C15H13ClN6S. The van der Waals surface area contributed by atoms with Crippen molar-refractivity contribution in [2.75, 3.05) is 0 Å². The minimum Gasteiger partial charge on any atom is -0.282 e. The number of H-pyrrole nitrogens is 2. The van der Waals surface area contributed by atoms with Gasteiger partial charge < -0.3 is 0 Å². The predicted octanol–water partition coefficient (Wildman–Crippen LogP) is 3.75. The van der Waals surface area contributed by atoms with Crippen molar-refractivity contribution < 1.29 is 0 Å². The maximum atomic E-state index is 6.20. The first-order valence-electron chi connectivity index (χ1n) is 6.80. The van der Waals surface area contributed by atoms with E-state index in [1.165, 1.54) is 10.9 Å². The second-order valence-corrected chi connectivity index (χ2v) is 5.61. The molecule has 3 rings (SSSR count). The van der Waals surface area contributed by atoms with Crippen molar-refractivity contribution in [3.8, 4) is 11.5 Å². The molecule has 0 atom stereocenters. The zero-order valence-electron chi connectivity index (χ0n) is 12.2. The van der Waals surface area contributed by atoms with Crippen LogP contribution in [0.15, 0.2) is 46.5 Å². The maximum absolute atomic E-state index is 6.20. The number of aromatic amines is 2. The molecule has 0 amide bonds. The molecule has 0 aliphatic heterocycles. The molecule has 0 radical (unpaired) electrons. The normalized spacial score (nSPS) is 12.2.